The number of hydrogen-bond acceptors (Lipinski definition) is 2. The number of aryl methyl sites for hydroxylation is 2. The van der Waals surface area contributed by atoms with Gasteiger partial charge in [-0.05, 0) is 17.5 Å². The maximum Gasteiger partial charge on any atom is 0.244 e. The van der Waals surface area contributed by atoms with Crippen LogP contribution in [0.15, 0.2) is 30.6 Å². The summed E-state index contributed by atoms with van der Waals surface area (Å²) in [5, 5.41) is 12.3. The Morgan fingerprint density at radius 3 is 2.61 bits per heavy atom. The standard InChI is InChI=1S/C17H25N3O2.HI/c1-17(2,3)15(11-21)18-16(22)9-10-20-12-19(4)13-7-5-6-8-14(13)20;/h5-8,12,15,21H,9-11H2,1-4H3;1H/t15-;/m1./s1. The molecule has 0 aliphatic carbocycles. The minimum absolute atomic E-state index is 0. The number of carbonyl (C=O) groups excluding carboxylic acids is 1. The summed E-state index contributed by atoms with van der Waals surface area (Å²) in [6.07, 6.45) is 2.40. The summed E-state index contributed by atoms with van der Waals surface area (Å²) in [4.78, 5) is 12.1. The Labute approximate surface area is 154 Å². The second-order valence-electron chi connectivity index (χ2n) is 6.83. The van der Waals surface area contributed by atoms with E-state index in [2.05, 4.69) is 26.6 Å². The molecular formula is C17H26IN3O2. The molecule has 128 valence electrons. The highest BCUT2D eigenvalue weighted by Crippen LogP contribution is 2.19. The van der Waals surface area contributed by atoms with E-state index in [9.17, 15) is 9.90 Å². The second kappa shape index (κ2) is 8.10. The van der Waals surface area contributed by atoms with Crippen LogP contribution in [0.4, 0.5) is 0 Å². The third-order valence-electron chi connectivity index (χ3n) is 4.03. The van der Waals surface area contributed by atoms with Crippen LogP contribution in [-0.4, -0.2) is 28.2 Å². The first-order valence-electron chi connectivity index (χ1n) is 7.66. The quantitative estimate of drug-likeness (QED) is 0.442. The average molecular weight is 431 g/mol. The zero-order chi connectivity index (χ0) is 16.3. The van der Waals surface area contributed by atoms with Gasteiger partial charge in [0, 0.05) is 0 Å². The van der Waals surface area contributed by atoms with E-state index >= 15 is 0 Å². The molecule has 0 aliphatic rings. The van der Waals surface area contributed by atoms with Crippen LogP contribution in [0, 0.1) is 5.41 Å². The molecule has 0 spiro atoms. The van der Waals surface area contributed by atoms with E-state index in [0.29, 0.717) is 13.0 Å². The molecule has 1 heterocycles. The van der Waals surface area contributed by atoms with Crippen molar-refractivity contribution in [3.63, 3.8) is 0 Å². The van der Waals surface area contributed by atoms with Crippen LogP contribution < -0.4 is 33.9 Å². The molecule has 5 nitrogen and oxygen atoms in total. The topological polar surface area (TPSA) is 58.1 Å². The maximum atomic E-state index is 12.1. The fraction of sp³-hybridized carbons (Fsp3) is 0.529. The number of para-hydroxylation sites is 2. The molecule has 0 unspecified atom stereocenters. The number of imidazole rings is 1. The second-order valence-corrected chi connectivity index (χ2v) is 6.83. The van der Waals surface area contributed by atoms with Gasteiger partial charge in [0.2, 0.25) is 12.2 Å². The SMILES string of the molecule is C[n+]1cn(CCC(=O)N[C@H](CO)C(C)(C)C)c2ccccc21.[I-]. The lowest BCUT2D eigenvalue weighted by Crippen LogP contribution is -3.00. The number of fused-ring (bicyclic) bond motifs is 1. The van der Waals surface area contributed by atoms with E-state index < -0.39 is 0 Å². The van der Waals surface area contributed by atoms with Crippen molar-refractivity contribution in [2.75, 3.05) is 6.61 Å². The number of aliphatic hydroxyl groups excluding tert-OH is 1. The van der Waals surface area contributed by atoms with Crippen LogP contribution in [0.5, 0.6) is 0 Å². The van der Waals surface area contributed by atoms with E-state index in [1.807, 2.05) is 46.3 Å². The molecule has 1 amide bonds. The molecule has 1 atom stereocenters. The molecule has 2 rings (SSSR count). The Bertz CT molecular complexity index is 661. The molecule has 2 aromatic rings. The Morgan fingerprint density at radius 2 is 2.00 bits per heavy atom. The number of nitrogens with zero attached hydrogens (tertiary/aromatic N) is 2. The Kier molecular flexibility index (Phi) is 7.01. The molecule has 23 heavy (non-hydrogen) atoms. The van der Waals surface area contributed by atoms with Crippen molar-refractivity contribution < 1.29 is 38.4 Å². The van der Waals surface area contributed by atoms with E-state index in [1.54, 1.807) is 0 Å². The lowest BCUT2D eigenvalue weighted by Gasteiger charge is -2.29. The van der Waals surface area contributed by atoms with Crippen molar-refractivity contribution in [3.8, 4) is 0 Å². The van der Waals surface area contributed by atoms with Gasteiger partial charge < -0.3 is 34.4 Å². The van der Waals surface area contributed by atoms with Gasteiger partial charge in [-0.3, -0.25) is 4.79 Å². The molecule has 6 heteroatoms. The van der Waals surface area contributed by atoms with Crippen LogP contribution in [0.25, 0.3) is 11.0 Å². The Balaban J connectivity index is 0.00000264. The summed E-state index contributed by atoms with van der Waals surface area (Å²) in [7, 11) is 2.00. The van der Waals surface area contributed by atoms with Gasteiger partial charge >= 0.3 is 0 Å². The number of aliphatic hydroxyl groups is 1. The van der Waals surface area contributed by atoms with Gasteiger partial charge in [-0.1, -0.05) is 32.9 Å². The van der Waals surface area contributed by atoms with Crippen LogP contribution in [0.3, 0.4) is 0 Å². The summed E-state index contributed by atoms with van der Waals surface area (Å²) in [6, 6.07) is 7.90. The summed E-state index contributed by atoms with van der Waals surface area (Å²) in [5.74, 6) is -0.0330. The van der Waals surface area contributed by atoms with Gasteiger partial charge in [-0.15, -0.1) is 0 Å². The van der Waals surface area contributed by atoms with Crippen molar-refractivity contribution in [3.05, 3.63) is 30.6 Å². The minimum atomic E-state index is -0.225. The van der Waals surface area contributed by atoms with Crippen LogP contribution in [0.1, 0.15) is 27.2 Å². The van der Waals surface area contributed by atoms with E-state index in [4.69, 9.17) is 0 Å². The van der Waals surface area contributed by atoms with Crippen molar-refractivity contribution in [1.29, 1.82) is 0 Å². The number of carbonyl (C=O) groups is 1. The Hall–Kier alpha value is -1.15. The lowest BCUT2D eigenvalue weighted by atomic mass is 9.87. The van der Waals surface area contributed by atoms with E-state index in [-0.39, 0.29) is 47.9 Å². The minimum Gasteiger partial charge on any atom is -1.00 e. The average Bonchev–Trinajstić information content (AvgIpc) is 2.78. The fourth-order valence-electron chi connectivity index (χ4n) is 2.54. The zero-order valence-corrected chi connectivity index (χ0v) is 16.4. The molecule has 1 aromatic heterocycles. The van der Waals surface area contributed by atoms with Gasteiger partial charge in [-0.2, -0.15) is 0 Å². The van der Waals surface area contributed by atoms with E-state index in [1.165, 1.54) is 0 Å². The highest BCUT2D eigenvalue weighted by atomic mass is 127. The highest BCUT2D eigenvalue weighted by Gasteiger charge is 2.25. The van der Waals surface area contributed by atoms with Crippen LogP contribution in [-0.2, 0) is 18.4 Å². The van der Waals surface area contributed by atoms with Crippen LogP contribution >= 0.6 is 0 Å². The van der Waals surface area contributed by atoms with Crippen molar-refractivity contribution in [1.82, 2.24) is 9.88 Å². The molecule has 0 radical (unpaired) electrons. The third kappa shape index (κ3) is 4.91. The molecular weight excluding hydrogens is 405 g/mol. The number of nitrogens with one attached hydrogen (secondary N) is 1. The predicted molar refractivity (Wildman–Crippen MR) is 86.2 cm³/mol. The molecule has 0 bridgehead atoms. The number of benzene rings is 1. The molecule has 2 N–H and O–H groups in total. The number of rotatable bonds is 5. The Morgan fingerprint density at radius 1 is 1.35 bits per heavy atom. The smallest absolute Gasteiger partial charge is 0.244 e. The predicted octanol–water partition coefficient (Wildman–Crippen LogP) is -1.62. The number of amides is 1. The third-order valence-corrected chi connectivity index (χ3v) is 4.03. The first-order valence-corrected chi connectivity index (χ1v) is 7.66. The van der Waals surface area contributed by atoms with Gasteiger partial charge in [-0.25, -0.2) is 9.13 Å². The number of aromatic nitrogens is 2. The van der Waals surface area contributed by atoms with Gasteiger partial charge in [0.1, 0.15) is 0 Å². The summed E-state index contributed by atoms with van der Waals surface area (Å²) in [5.41, 5.74) is 2.11. The van der Waals surface area contributed by atoms with Gasteiger partial charge in [0.25, 0.3) is 0 Å². The van der Waals surface area contributed by atoms with Crippen molar-refractivity contribution in [2.24, 2.45) is 12.5 Å². The molecule has 0 aliphatic heterocycles. The molecule has 0 saturated carbocycles. The van der Waals surface area contributed by atoms with Crippen molar-refractivity contribution >= 4 is 16.9 Å². The molecule has 1 aromatic carbocycles. The summed E-state index contributed by atoms with van der Waals surface area (Å²) >= 11 is 0. The lowest BCUT2D eigenvalue weighted by molar-refractivity contribution is -0.645. The molecule has 0 saturated heterocycles. The van der Waals surface area contributed by atoms with Gasteiger partial charge in [0.05, 0.1) is 32.7 Å². The first kappa shape index (κ1) is 19.9. The van der Waals surface area contributed by atoms with E-state index in [0.717, 1.165) is 11.0 Å². The number of hydrogen-bond donors (Lipinski definition) is 2. The normalized spacial score (nSPS) is 12.7. The van der Waals surface area contributed by atoms with Crippen molar-refractivity contribution in [2.45, 2.75) is 39.8 Å². The maximum absolute atomic E-state index is 12.1. The fourth-order valence-corrected chi connectivity index (χ4v) is 2.54. The largest absolute Gasteiger partial charge is 1.00 e. The monoisotopic (exact) mass is 431 g/mol. The highest BCUT2D eigenvalue weighted by molar-refractivity contribution is 5.77. The van der Waals surface area contributed by atoms with Gasteiger partial charge in [0.15, 0.2) is 11.0 Å². The summed E-state index contributed by atoms with van der Waals surface area (Å²) < 4.78 is 4.14. The zero-order valence-electron chi connectivity index (χ0n) is 14.2. The van der Waals surface area contributed by atoms with Crippen LogP contribution in [0.2, 0.25) is 0 Å². The number of halogens is 1. The first-order chi connectivity index (χ1) is 10.3. The molecule has 0 fully saturated rings. The summed E-state index contributed by atoms with van der Waals surface area (Å²) in [6.45, 7) is 6.60.